The van der Waals surface area contributed by atoms with Crippen LogP contribution < -0.4 is 0 Å². The maximum Gasteiger partial charge on any atom is 0.344 e. The topological polar surface area (TPSA) is 90.4 Å². The van der Waals surface area contributed by atoms with E-state index in [-0.39, 0.29) is 27.6 Å². The van der Waals surface area contributed by atoms with Crippen molar-refractivity contribution in [2.45, 2.75) is 39.3 Å². The van der Waals surface area contributed by atoms with Gasteiger partial charge >= 0.3 is 5.97 Å². The molecule has 2 aromatic heterocycles. The maximum atomic E-state index is 14.4. The molecule has 0 spiro atoms. The van der Waals surface area contributed by atoms with E-state index < -0.39 is 17.4 Å². The van der Waals surface area contributed by atoms with E-state index in [4.69, 9.17) is 20.9 Å². The van der Waals surface area contributed by atoms with Crippen molar-refractivity contribution in [3.63, 3.8) is 0 Å². The molecular weight excluding hydrogens is 401 g/mol. The summed E-state index contributed by atoms with van der Waals surface area (Å²) in [6.07, 6.45) is 2.00. The zero-order valence-corrected chi connectivity index (χ0v) is 17.2. The lowest BCUT2D eigenvalue weighted by Gasteiger charge is -2.17. The molecule has 0 atom stereocenters. The molecule has 0 aliphatic heterocycles. The Bertz CT molecular complexity index is 1030. The molecule has 0 amide bonds. The van der Waals surface area contributed by atoms with Gasteiger partial charge in [0.1, 0.15) is 17.1 Å². The third-order valence-electron chi connectivity index (χ3n) is 4.56. The van der Waals surface area contributed by atoms with Gasteiger partial charge in [0, 0.05) is 12.2 Å². The number of carbonyl (C=O) groups is 1. The molecule has 3 rings (SSSR count). The monoisotopic (exact) mass is 421 g/mol. The van der Waals surface area contributed by atoms with Crippen molar-refractivity contribution in [3.8, 4) is 22.6 Å². The maximum absolute atomic E-state index is 14.4. The minimum atomic E-state index is -0.850. The Hall–Kier alpha value is -2.71. The number of esters is 1. The highest BCUT2D eigenvalue weighted by molar-refractivity contribution is 6.33. The van der Waals surface area contributed by atoms with Gasteiger partial charge in [-0.1, -0.05) is 22.8 Å². The highest BCUT2D eigenvalue weighted by Crippen LogP contribution is 2.38. The standard InChI is InChI=1S/C20H21ClFN3O4/c1-11-12(10-23-25(11)9-8-20(2,3)27)18-16(19(26)28-4)17(24-29-18)15-13(21)6-5-7-14(15)22/h5-7,10,27H,8-9H2,1-4H3. The molecule has 0 radical (unpaired) electrons. The largest absolute Gasteiger partial charge is 0.465 e. The molecule has 0 fully saturated rings. The fraction of sp³-hybridized carbons (Fsp3) is 0.350. The number of aryl methyl sites for hydroxylation is 1. The molecule has 9 heteroatoms. The van der Waals surface area contributed by atoms with Gasteiger partial charge in [0.2, 0.25) is 0 Å². The van der Waals surface area contributed by atoms with Crippen molar-refractivity contribution >= 4 is 17.6 Å². The van der Waals surface area contributed by atoms with Gasteiger partial charge in [-0.3, -0.25) is 4.68 Å². The number of rotatable bonds is 6. The lowest BCUT2D eigenvalue weighted by atomic mass is 10.0. The van der Waals surface area contributed by atoms with Crippen molar-refractivity contribution in [2.24, 2.45) is 0 Å². The van der Waals surface area contributed by atoms with E-state index in [9.17, 15) is 14.3 Å². The SMILES string of the molecule is COC(=O)c1c(-c2c(F)cccc2Cl)noc1-c1cnn(CCC(C)(C)O)c1C. The first-order chi connectivity index (χ1) is 13.6. The Kier molecular flexibility index (Phi) is 5.77. The number of nitrogens with zero attached hydrogens (tertiary/aromatic N) is 3. The molecule has 0 bridgehead atoms. The summed E-state index contributed by atoms with van der Waals surface area (Å²) < 4.78 is 26.4. The number of carbonyl (C=O) groups excluding carboxylic acids is 1. The Morgan fingerprint density at radius 2 is 2.14 bits per heavy atom. The highest BCUT2D eigenvalue weighted by Gasteiger charge is 2.30. The number of hydrogen-bond acceptors (Lipinski definition) is 6. The second kappa shape index (κ2) is 7.96. The van der Waals surface area contributed by atoms with Crippen molar-refractivity contribution in [2.75, 3.05) is 7.11 Å². The molecule has 1 N–H and O–H groups in total. The van der Waals surface area contributed by atoms with Crippen LogP contribution in [-0.4, -0.2) is 38.7 Å². The molecule has 7 nitrogen and oxygen atoms in total. The summed E-state index contributed by atoms with van der Waals surface area (Å²) in [4.78, 5) is 12.5. The molecular formula is C20H21ClFN3O4. The zero-order valence-electron chi connectivity index (χ0n) is 16.5. The van der Waals surface area contributed by atoms with Gasteiger partial charge in [0.15, 0.2) is 5.76 Å². The fourth-order valence-corrected chi connectivity index (χ4v) is 3.19. The molecule has 2 heterocycles. The molecule has 0 aliphatic rings. The normalized spacial score (nSPS) is 11.7. The first kappa shape index (κ1) is 21.0. The summed E-state index contributed by atoms with van der Waals surface area (Å²) in [5.74, 6) is -1.27. The number of benzene rings is 1. The van der Waals surface area contributed by atoms with E-state index in [0.29, 0.717) is 24.2 Å². The van der Waals surface area contributed by atoms with E-state index in [1.165, 1.54) is 31.5 Å². The minimum Gasteiger partial charge on any atom is -0.465 e. The van der Waals surface area contributed by atoms with Gasteiger partial charge in [-0.15, -0.1) is 0 Å². The van der Waals surface area contributed by atoms with Crippen LogP contribution >= 0.6 is 11.6 Å². The minimum absolute atomic E-state index is 0.0374. The first-order valence-corrected chi connectivity index (χ1v) is 9.29. The van der Waals surface area contributed by atoms with Gasteiger partial charge < -0.3 is 14.4 Å². The number of ether oxygens (including phenoxy) is 1. The van der Waals surface area contributed by atoms with Crippen molar-refractivity contribution in [1.29, 1.82) is 0 Å². The summed E-state index contributed by atoms with van der Waals surface area (Å²) in [7, 11) is 1.21. The van der Waals surface area contributed by atoms with Gasteiger partial charge in [-0.05, 0) is 39.3 Å². The summed E-state index contributed by atoms with van der Waals surface area (Å²) in [5, 5.41) is 18.3. The third-order valence-corrected chi connectivity index (χ3v) is 4.88. The molecule has 0 saturated heterocycles. The Morgan fingerprint density at radius 3 is 2.76 bits per heavy atom. The average Bonchev–Trinajstić information content (AvgIpc) is 3.22. The van der Waals surface area contributed by atoms with E-state index in [2.05, 4.69) is 10.3 Å². The highest BCUT2D eigenvalue weighted by atomic mass is 35.5. The summed E-state index contributed by atoms with van der Waals surface area (Å²) in [6, 6.07) is 4.17. The number of methoxy groups -OCH3 is 1. The third kappa shape index (κ3) is 4.18. The first-order valence-electron chi connectivity index (χ1n) is 8.91. The number of hydrogen-bond donors (Lipinski definition) is 1. The van der Waals surface area contributed by atoms with Crippen LogP contribution in [0.3, 0.4) is 0 Å². The summed E-state index contributed by atoms with van der Waals surface area (Å²) >= 11 is 6.14. The Balaban J connectivity index is 2.12. The van der Waals surface area contributed by atoms with E-state index in [0.717, 1.165) is 0 Å². The zero-order chi connectivity index (χ0) is 21.3. The fourth-order valence-electron chi connectivity index (χ4n) is 2.93. The molecule has 29 heavy (non-hydrogen) atoms. The number of aliphatic hydroxyl groups is 1. The van der Waals surface area contributed by atoms with Gasteiger partial charge in [0.05, 0.1) is 35.1 Å². The van der Waals surface area contributed by atoms with Crippen molar-refractivity contribution < 1.29 is 23.6 Å². The van der Waals surface area contributed by atoms with E-state index >= 15 is 0 Å². The van der Waals surface area contributed by atoms with Gasteiger partial charge in [-0.25, -0.2) is 9.18 Å². The molecule has 0 unspecified atom stereocenters. The molecule has 0 aliphatic carbocycles. The van der Waals surface area contributed by atoms with Crippen molar-refractivity contribution in [1.82, 2.24) is 14.9 Å². The molecule has 3 aromatic rings. The van der Waals surface area contributed by atoms with Crippen molar-refractivity contribution in [3.05, 3.63) is 46.5 Å². The van der Waals surface area contributed by atoms with E-state index in [1.807, 2.05) is 0 Å². The van der Waals surface area contributed by atoms with Gasteiger partial charge in [-0.2, -0.15) is 5.10 Å². The van der Waals surface area contributed by atoms with Crippen LogP contribution in [0.25, 0.3) is 22.6 Å². The quantitative estimate of drug-likeness (QED) is 0.598. The molecule has 154 valence electrons. The van der Waals surface area contributed by atoms with E-state index in [1.54, 1.807) is 25.5 Å². The predicted octanol–water partition coefficient (Wildman–Crippen LogP) is 4.25. The Labute approximate surface area is 172 Å². The summed E-state index contributed by atoms with van der Waals surface area (Å²) in [5.41, 5.74) is 0.227. The van der Waals surface area contributed by atoms with Crippen LogP contribution in [0.15, 0.2) is 28.9 Å². The van der Waals surface area contributed by atoms with Crippen LogP contribution in [0.1, 0.15) is 36.3 Å². The molecule has 0 saturated carbocycles. The predicted molar refractivity (Wildman–Crippen MR) is 105 cm³/mol. The second-order valence-corrected chi connectivity index (χ2v) is 7.66. The second-order valence-electron chi connectivity index (χ2n) is 7.25. The van der Waals surface area contributed by atoms with Crippen LogP contribution in [0.4, 0.5) is 4.39 Å². The summed E-state index contributed by atoms with van der Waals surface area (Å²) in [6.45, 7) is 5.68. The van der Waals surface area contributed by atoms with Crippen LogP contribution in [0.2, 0.25) is 5.02 Å². The number of halogens is 2. The lowest BCUT2D eigenvalue weighted by Crippen LogP contribution is -2.21. The Morgan fingerprint density at radius 1 is 1.41 bits per heavy atom. The van der Waals surface area contributed by atoms with Crippen LogP contribution in [0, 0.1) is 12.7 Å². The average molecular weight is 422 g/mol. The lowest BCUT2D eigenvalue weighted by molar-refractivity contribution is 0.0601. The van der Waals surface area contributed by atoms with Crippen LogP contribution in [-0.2, 0) is 11.3 Å². The van der Waals surface area contributed by atoms with Gasteiger partial charge in [0.25, 0.3) is 0 Å². The smallest absolute Gasteiger partial charge is 0.344 e. The number of aromatic nitrogens is 3. The van der Waals surface area contributed by atoms with Crippen LogP contribution in [0.5, 0.6) is 0 Å². The molecule has 1 aromatic carbocycles.